The molecule has 1 unspecified atom stereocenters. The molecule has 7 rings (SSSR count). The molecule has 0 spiro atoms. The van der Waals surface area contributed by atoms with E-state index in [0.29, 0.717) is 11.9 Å². The maximum Gasteiger partial charge on any atom is 0.287 e. The van der Waals surface area contributed by atoms with Crippen LogP contribution in [0.3, 0.4) is 0 Å². The Kier molecular flexibility index (Phi) is 4.47. The molecule has 0 radical (unpaired) electrons. The van der Waals surface area contributed by atoms with Gasteiger partial charge in [0.05, 0.1) is 6.54 Å². The van der Waals surface area contributed by atoms with Gasteiger partial charge in [0, 0.05) is 23.2 Å². The zero-order valence-electron chi connectivity index (χ0n) is 18.2. The summed E-state index contributed by atoms with van der Waals surface area (Å²) in [4.78, 5) is 12.0. The van der Waals surface area contributed by atoms with Crippen molar-refractivity contribution in [2.45, 2.75) is 42.7 Å². The molecule has 3 fully saturated rings. The number of rotatable bonds is 7. The SMILES string of the molecule is OC(Cn1cncn1)(c1ccc(F)cc1F)C(F)(F)C12CC(c3ccc(-n4cncn4)nc3)(C1)C2. The van der Waals surface area contributed by atoms with Crippen LogP contribution in [-0.4, -0.2) is 45.5 Å². The summed E-state index contributed by atoms with van der Waals surface area (Å²) in [6, 6.07) is 5.77. The van der Waals surface area contributed by atoms with Crippen molar-refractivity contribution < 1.29 is 22.7 Å². The fraction of sp³-hybridized carbons (Fsp3) is 0.348. The predicted molar refractivity (Wildman–Crippen MR) is 112 cm³/mol. The van der Waals surface area contributed by atoms with Crippen LogP contribution in [-0.2, 0) is 17.6 Å². The van der Waals surface area contributed by atoms with Crippen LogP contribution < -0.4 is 0 Å². The third kappa shape index (κ3) is 2.98. The number of hydrogen-bond acceptors (Lipinski definition) is 6. The Hall–Kier alpha value is -3.67. The van der Waals surface area contributed by atoms with Crippen molar-refractivity contribution in [2.24, 2.45) is 5.41 Å². The van der Waals surface area contributed by atoms with E-state index >= 15 is 8.78 Å². The van der Waals surface area contributed by atoms with Gasteiger partial charge < -0.3 is 5.11 Å². The fourth-order valence-electron chi connectivity index (χ4n) is 5.75. The Labute approximate surface area is 196 Å². The second-order valence-electron chi connectivity index (χ2n) is 9.49. The van der Waals surface area contributed by atoms with Crippen LogP contribution in [0, 0.1) is 17.0 Å². The number of halogens is 4. The van der Waals surface area contributed by atoms with Crippen LogP contribution in [0.2, 0.25) is 0 Å². The molecular weight excluding hydrogens is 466 g/mol. The molecule has 3 saturated carbocycles. The second-order valence-corrected chi connectivity index (χ2v) is 9.49. The first-order chi connectivity index (χ1) is 16.7. The summed E-state index contributed by atoms with van der Waals surface area (Å²) in [5, 5.41) is 19.3. The summed E-state index contributed by atoms with van der Waals surface area (Å²) in [6.07, 6.45) is 7.11. The predicted octanol–water partition coefficient (Wildman–Crippen LogP) is 3.18. The highest BCUT2D eigenvalue weighted by Crippen LogP contribution is 2.80. The number of aromatic nitrogens is 7. The average Bonchev–Trinajstić information content (AvgIpc) is 3.46. The summed E-state index contributed by atoms with van der Waals surface area (Å²) in [5.41, 5.74) is -4.88. The van der Waals surface area contributed by atoms with Crippen LogP contribution in [0.5, 0.6) is 0 Å². The molecule has 3 aliphatic rings. The molecule has 3 aromatic heterocycles. The minimum atomic E-state index is -3.75. The number of aliphatic hydroxyl groups is 1. The van der Waals surface area contributed by atoms with Crippen molar-refractivity contribution in [1.29, 1.82) is 0 Å². The van der Waals surface area contributed by atoms with Crippen LogP contribution in [0.25, 0.3) is 5.82 Å². The van der Waals surface area contributed by atoms with E-state index in [1.54, 1.807) is 12.3 Å². The van der Waals surface area contributed by atoms with Gasteiger partial charge in [0.25, 0.3) is 5.92 Å². The highest BCUT2D eigenvalue weighted by molar-refractivity contribution is 5.43. The molecule has 1 aromatic carbocycles. The number of hydrogen-bond donors (Lipinski definition) is 1. The van der Waals surface area contributed by atoms with Crippen molar-refractivity contribution in [2.75, 3.05) is 0 Å². The first-order valence-corrected chi connectivity index (χ1v) is 10.9. The Morgan fingerprint density at radius 1 is 0.971 bits per heavy atom. The third-order valence-corrected chi connectivity index (χ3v) is 7.46. The zero-order valence-corrected chi connectivity index (χ0v) is 18.2. The highest BCUT2D eigenvalue weighted by atomic mass is 19.3. The van der Waals surface area contributed by atoms with Crippen LogP contribution in [0.15, 0.2) is 61.8 Å². The van der Waals surface area contributed by atoms with Gasteiger partial charge in [-0.15, -0.1) is 0 Å². The molecule has 3 aliphatic carbocycles. The van der Waals surface area contributed by atoms with E-state index in [4.69, 9.17) is 0 Å². The summed E-state index contributed by atoms with van der Waals surface area (Å²) >= 11 is 0. The van der Waals surface area contributed by atoms with E-state index in [9.17, 15) is 13.9 Å². The monoisotopic (exact) mass is 485 g/mol. The fourth-order valence-corrected chi connectivity index (χ4v) is 5.75. The lowest BCUT2D eigenvalue weighted by Gasteiger charge is -2.74. The lowest BCUT2D eigenvalue weighted by molar-refractivity contribution is -0.347. The Morgan fingerprint density at radius 2 is 1.71 bits per heavy atom. The van der Waals surface area contributed by atoms with Gasteiger partial charge in [-0.1, -0.05) is 6.07 Å². The quantitative estimate of drug-likeness (QED) is 0.404. The molecule has 2 bridgehead atoms. The maximum absolute atomic E-state index is 16.2. The Bertz CT molecular complexity index is 1360. The lowest BCUT2D eigenvalue weighted by atomic mass is 9.30. The Morgan fingerprint density at radius 3 is 2.31 bits per heavy atom. The first kappa shape index (κ1) is 21.8. The number of nitrogens with zero attached hydrogens (tertiary/aromatic N) is 7. The van der Waals surface area contributed by atoms with Gasteiger partial charge in [0.15, 0.2) is 11.4 Å². The molecule has 0 aliphatic heterocycles. The van der Waals surface area contributed by atoms with Gasteiger partial charge in [0.2, 0.25) is 0 Å². The molecule has 3 heterocycles. The van der Waals surface area contributed by atoms with E-state index < -0.39 is 46.1 Å². The maximum atomic E-state index is 16.2. The van der Waals surface area contributed by atoms with Crippen molar-refractivity contribution in [1.82, 2.24) is 34.5 Å². The van der Waals surface area contributed by atoms with Crippen molar-refractivity contribution >= 4 is 0 Å². The van der Waals surface area contributed by atoms with Crippen molar-refractivity contribution in [3.8, 4) is 5.82 Å². The minimum Gasteiger partial charge on any atom is -0.377 e. The molecule has 1 atom stereocenters. The minimum absolute atomic E-state index is 0.0971. The van der Waals surface area contributed by atoms with Gasteiger partial charge in [-0.2, -0.15) is 10.2 Å². The molecule has 1 N–H and O–H groups in total. The molecule has 0 amide bonds. The van der Waals surface area contributed by atoms with Crippen molar-refractivity contribution in [3.05, 3.63) is 84.6 Å². The van der Waals surface area contributed by atoms with E-state index in [2.05, 4.69) is 25.1 Å². The number of benzene rings is 1. The molecule has 0 saturated heterocycles. The highest BCUT2D eigenvalue weighted by Gasteiger charge is 2.82. The summed E-state index contributed by atoms with van der Waals surface area (Å²) in [7, 11) is 0. The largest absolute Gasteiger partial charge is 0.377 e. The zero-order chi connectivity index (χ0) is 24.5. The normalized spacial score (nSPS) is 24.9. The third-order valence-electron chi connectivity index (χ3n) is 7.46. The van der Waals surface area contributed by atoms with Gasteiger partial charge in [-0.05, 0) is 48.4 Å². The average molecular weight is 485 g/mol. The van der Waals surface area contributed by atoms with Crippen LogP contribution in [0.4, 0.5) is 17.6 Å². The molecule has 12 heteroatoms. The molecular formula is C23H19F4N7O. The standard InChI is InChI=1S/C23H19F4N7O/c24-16-2-3-17(18(25)5-16)22(35,10-33-13-28-11-31-33)23(26,27)21-7-20(8-21,9-21)15-1-4-19(30-6-15)34-14-29-12-32-34/h1-6,11-14,35H,7-10H2. The summed E-state index contributed by atoms with van der Waals surface area (Å²) < 4.78 is 63.2. The topological polar surface area (TPSA) is 94.5 Å². The molecule has 8 nitrogen and oxygen atoms in total. The molecule has 35 heavy (non-hydrogen) atoms. The van der Waals surface area contributed by atoms with Gasteiger partial charge in [0.1, 0.15) is 36.9 Å². The van der Waals surface area contributed by atoms with E-state index in [0.717, 1.165) is 35.0 Å². The van der Waals surface area contributed by atoms with Crippen LogP contribution >= 0.6 is 0 Å². The second kappa shape index (κ2) is 7.17. The van der Waals surface area contributed by atoms with E-state index in [1.807, 2.05) is 6.07 Å². The summed E-state index contributed by atoms with van der Waals surface area (Å²) in [5.74, 6) is -5.38. The first-order valence-electron chi connectivity index (χ1n) is 10.9. The van der Waals surface area contributed by atoms with Gasteiger partial charge >= 0.3 is 0 Å². The summed E-state index contributed by atoms with van der Waals surface area (Å²) in [6.45, 7) is -0.745. The molecule has 180 valence electrons. The number of pyridine rings is 1. The lowest BCUT2D eigenvalue weighted by Crippen LogP contribution is -2.76. The Balaban J connectivity index is 1.31. The number of alkyl halides is 2. The van der Waals surface area contributed by atoms with E-state index in [-0.39, 0.29) is 19.3 Å². The van der Waals surface area contributed by atoms with Crippen LogP contribution in [0.1, 0.15) is 30.4 Å². The van der Waals surface area contributed by atoms with Crippen molar-refractivity contribution in [3.63, 3.8) is 0 Å². The van der Waals surface area contributed by atoms with Gasteiger partial charge in [-0.25, -0.2) is 41.9 Å². The van der Waals surface area contributed by atoms with E-state index in [1.165, 1.54) is 17.3 Å². The smallest absolute Gasteiger partial charge is 0.287 e. The van der Waals surface area contributed by atoms with Gasteiger partial charge in [-0.3, -0.25) is 0 Å². The molecule has 4 aromatic rings.